The van der Waals surface area contributed by atoms with E-state index in [1.54, 1.807) is 35.2 Å². The Bertz CT molecular complexity index is 1760. The molecule has 0 aliphatic carbocycles. The van der Waals surface area contributed by atoms with Gasteiger partial charge < -0.3 is 9.88 Å². The zero-order valence-corrected chi connectivity index (χ0v) is 23.6. The highest BCUT2D eigenvalue weighted by Crippen LogP contribution is 2.52. The van der Waals surface area contributed by atoms with E-state index < -0.39 is 12.0 Å². The molecule has 4 nitrogen and oxygen atoms in total. The molecule has 0 saturated carbocycles. The Labute approximate surface area is 244 Å². The molecule has 3 atom stereocenters. The van der Waals surface area contributed by atoms with E-state index in [9.17, 15) is 18.4 Å². The predicted octanol–water partition coefficient (Wildman–Crippen LogP) is 8.33. The van der Waals surface area contributed by atoms with Crippen LogP contribution in [0.15, 0.2) is 97.1 Å². The van der Waals surface area contributed by atoms with Gasteiger partial charge in [0, 0.05) is 34.5 Å². The lowest BCUT2D eigenvalue weighted by Crippen LogP contribution is -2.32. The zero-order chi connectivity index (χ0) is 29.4. The van der Waals surface area contributed by atoms with Gasteiger partial charge in [0.25, 0.3) is 0 Å². The molecule has 5 aromatic rings. The summed E-state index contributed by atoms with van der Waals surface area (Å²) in [6.07, 6.45) is 1.39. The first-order valence-corrected chi connectivity index (χ1v) is 14.5. The molecule has 1 saturated heterocycles. The highest BCUT2D eigenvalue weighted by atomic mass is 19.1. The Kier molecular flexibility index (Phi) is 7.46. The smallest absolute Gasteiger partial charge is 0.231 e. The summed E-state index contributed by atoms with van der Waals surface area (Å²) in [6.45, 7) is 3.91. The van der Waals surface area contributed by atoms with E-state index in [2.05, 4.69) is 18.0 Å². The van der Waals surface area contributed by atoms with Crippen LogP contribution in [0.4, 0.5) is 14.5 Å². The Balaban J connectivity index is 1.62. The molecular weight excluding hydrogens is 530 g/mol. The number of aryl methyl sites for hydroxylation is 1. The average molecular weight is 563 g/mol. The molecule has 212 valence electrons. The second-order valence-corrected chi connectivity index (χ2v) is 10.9. The summed E-state index contributed by atoms with van der Waals surface area (Å²) in [7, 11) is 0. The van der Waals surface area contributed by atoms with Gasteiger partial charge in [-0.3, -0.25) is 9.59 Å². The summed E-state index contributed by atoms with van der Waals surface area (Å²) in [5.41, 5.74) is 5.68. The van der Waals surface area contributed by atoms with Gasteiger partial charge in [-0.2, -0.15) is 0 Å². The number of halogens is 2. The number of hydrogen-bond donors (Lipinski definition) is 1. The largest absolute Gasteiger partial charge is 0.356 e. The highest BCUT2D eigenvalue weighted by molar-refractivity contribution is 6.08. The van der Waals surface area contributed by atoms with Gasteiger partial charge in [0.05, 0.1) is 17.6 Å². The van der Waals surface area contributed by atoms with Crippen LogP contribution in [0.3, 0.4) is 0 Å². The number of aromatic amines is 1. The van der Waals surface area contributed by atoms with E-state index in [1.807, 2.05) is 43.3 Å². The minimum Gasteiger partial charge on any atom is -0.356 e. The Morgan fingerprint density at radius 3 is 2.17 bits per heavy atom. The van der Waals surface area contributed by atoms with E-state index in [0.717, 1.165) is 39.7 Å². The van der Waals surface area contributed by atoms with Gasteiger partial charge >= 0.3 is 0 Å². The fraction of sp³-hybridized carbons (Fsp3) is 0.222. The molecule has 0 spiro atoms. The van der Waals surface area contributed by atoms with Crippen LogP contribution in [-0.2, 0) is 17.6 Å². The molecule has 1 aliphatic heterocycles. The first-order chi connectivity index (χ1) is 20.4. The molecule has 1 N–H and O–H groups in total. The third-order valence-corrected chi connectivity index (χ3v) is 8.51. The monoisotopic (exact) mass is 562 g/mol. The minimum atomic E-state index is -0.549. The van der Waals surface area contributed by atoms with Crippen molar-refractivity contribution in [1.29, 1.82) is 0 Å². The van der Waals surface area contributed by atoms with Crippen molar-refractivity contribution in [2.45, 2.75) is 45.1 Å². The second-order valence-electron chi connectivity index (χ2n) is 10.9. The Morgan fingerprint density at radius 2 is 1.48 bits per heavy atom. The predicted molar refractivity (Wildman–Crippen MR) is 162 cm³/mol. The van der Waals surface area contributed by atoms with E-state index in [1.165, 1.54) is 24.3 Å². The molecule has 6 heteroatoms. The van der Waals surface area contributed by atoms with Crippen molar-refractivity contribution in [3.05, 3.63) is 137 Å². The van der Waals surface area contributed by atoms with Gasteiger partial charge in [0.15, 0.2) is 5.78 Å². The number of rotatable bonds is 8. The third kappa shape index (κ3) is 4.81. The number of fused-ring (bicyclic) bond motifs is 1. The summed E-state index contributed by atoms with van der Waals surface area (Å²) >= 11 is 0. The van der Waals surface area contributed by atoms with Crippen molar-refractivity contribution in [3.8, 4) is 0 Å². The molecule has 4 aromatic carbocycles. The number of carbonyl (C=O) groups is 2. The SMILES string of the molecule is CCC(=O)c1ccccc1N1C(=O)[C@H](Cc2ccc(F)cc2)[C@@H](c2ccc(F)cc2)[C@@H]1c1[nH]c2ccccc2c1CC. The first-order valence-electron chi connectivity index (χ1n) is 14.5. The van der Waals surface area contributed by atoms with E-state index in [0.29, 0.717) is 24.1 Å². The average Bonchev–Trinajstić information content (AvgIpc) is 3.52. The lowest BCUT2D eigenvalue weighted by molar-refractivity contribution is -0.120. The highest BCUT2D eigenvalue weighted by Gasteiger charge is 2.51. The number of para-hydroxylation sites is 2. The normalized spacial score (nSPS) is 18.6. The number of H-pyrrole nitrogens is 1. The van der Waals surface area contributed by atoms with Crippen molar-refractivity contribution in [3.63, 3.8) is 0 Å². The number of Topliss-reactive ketones (excluding diaryl/α,β-unsaturated/α-hetero) is 1. The maximum atomic E-state index is 14.7. The van der Waals surface area contributed by atoms with Crippen LogP contribution in [0.25, 0.3) is 10.9 Å². The van der Waals surface area contributed by atoms with Crippen LogP contribution in [0, 0.1) is 17.6 Å². The number of nitrogens with one attached hydrogen (secondary N) is 1. The number of carbonyl (C=O) groups excluding carboxylic acids is 2. The summed E-state index contributed by atoms with van der Waals surface area (Å²) in [4.78, 5) is 33.3. The van der Waals surface area contributed by atoms with Crippen LogP contribution in [0.2, 0.25) is 0 Å². The van der Waals surface area contributed by atoms with Crippen molar-refractivity contribution in [2.24, 2.45) is 5.92 Å². The molecule has 1 aliphatic rings. The zero-order valence-electron chi connectivity index (χ0n) is 23.6. The molecule has 1 aromatic heterocycles. The molecule has 0 radical (unpaired) electrons. The topological polar surface area (TPSA) is 53.2 Å². The van der Waals surface area contributed by atoms with Gasteiger partial charge in [-0.15, -0.1) is 0 Å². The first kappa shape index (κ1) is 27.6. The van der Waals surface area contributed by atoms with Crippen molar-refractivity contribution < 1.29 is 18.4 Å². The van der Waals surface area contributed by atoms with Crippen LogP contribution in [-0.4, -0.2) is 16.7 Å². The molecule has 1 amide bonds. The van der Waals surface area contributed by atoms with E-state index in [-0.39, 0.29) is 29.2 Å². The standard InChI is InChI=1S/C36H32F2N2O2/c1-3-26-27-9-5-7-11-30(27)39-34(26)35-33(23-15-19-25(38)20-16-23)29(21-22-13-17-24(37)18-14-22)36(42)40(35)31-12-8-6-10-28(31)32(41)4-2/h5-20,29,33,35,39H,3-4,21H2,1-2H3/t29-,33-,35-/m1/s1. The fourth-order valence-electron chi connectivity index (χ4n) is 6.58. The summed E-state index contributed by atoms with van der Waals surface area (Å²) in [5.74, 6) is -1.81. The molecular formula is C36H32F2N2O2. The number of aromatic nitrogens is 1. The summed E-state index contributed by atoms with van der Waals surface area (Å²) in [6, 6.07) is 27.4. The van der Waals surface area contributed by atoms with Gasteiger partial charge in [0.2, 0.25) is 5.91 Å². The van der Waals surface area contributed by atoms with Gasteiger partial charge in [-0.1, -0.05) is 68.4 Å². The van der Waals surface area contributed by atoms with Crippen LogP contribution < -0.4 is 4.90 Å². The minimum absolute atomic E-state index is 0.0511. The van der Waals surface area contributed by atoms with Gasteiger partial charge in [-0.25, -0.2) is 8.78 Å². The molecule has 2 heterocycles. The number of anilines is 1. The molecule has 6 rings (SSSR count). The Hall–Kier alpha value is -4.58. The van der Waals surface area contributed by atoms with Crippen molar-refractivity contribution in [2.75, 3.05) is 4.90 Å². The number of amides is 1. The van der Waals surface area contributed by atoms with E-state index in [4.69, 9.17) is 0 Å². The number of benzene rings is 4. The molecule has 0 unspecified atom stereocenters. The summed E-state index contributed by atoms with van der Waals surface area (Å²) in [5, 5.41) is 1.08. The third-order valence-electron chi connectivity index (χ3n) is 8.51. The van der Waals surface area contributed by atoms with Crippen LogP contribution in [0.5, 0.6) is 0 Å². The molecule has 0 bridgehead atoms. The summed E-state index contributed by atoms with van der Waals surface area (Å²) < 4.78 is 28.0. The lowest BCUT2D eigenvalue weighted by atomic mass is 9.79. The van der Waals surface area contributed by atoms with Crippen molar-refractivity contribution in [1.82, 2.24) is 4.98 Å². The maximum absolute atomic E-state index is 14.7. The van der Waals surface area contributed by atoms with Gasteiger partial charge in [-0.05, 0) is 72.0 Å². The quantitative estimate of drug-likeness (QED) is 0.193. The number of nitrogens with zero attached hydrogens (tertiary/aromatic N) is 1. The van der Waals surface area contributed by atoms with Gasteiger partial charge in [0.1, 0.15) is 11.6 Å². The Morgan fingerprint density at radius 1 is 0.833 bits per heavy atom. The van der Waals surface area contributed by atoms with Crippen LogP contribution >= 0.6 is 0 Å². The molecule has 42 heavy (non-hydrogen) atoms. The number of ketones is 1. The fourth-order valence-corrected chi connectivity index (χ4v) is 6.58. The molecule has 1 fully saturated rings. The second kappa shape index (κ2) is 11.4. The van der Waals surface area contributed by atoms with Crippen molar-refractivity contribution >= 4 is 28.3 Å². The number of hydrogen-bond acceptors (Lipinski definition) is 2. The van der Waals surface area contributed by atoms with E-state index >= 15 is 0 Å². The van der Waals surface area contributed by atoms with Crippen LogP contribution in [0.1, 0.15) is 65.0 Å². The lowest BCUT2D eigenvalue weighted by Gasteiger charge is -2.30. The maximum Gasteiger partial charge on any atom is 0.231 e.